The normalized spacial score (nSPS) is 12.1. The van der Waals surface area contributed by atoms with Crippen LogP contribution in [-0.2, 0) is 6.54 Å². The number of ether oxygens (including phenoxy) is 2. The van der Waals surface area contributed by atoms with Gasteiger partial charge in [-0.15, -0.1) is 0 Å². The Balaban J connectivity index is 1.56. The number of aromatic amines is 1. The molecule has 148 valence electrons. The average Bonchev–Trinajstić information content (AvgIpc) is 2.70. The lowest BCUT2D eigenvalue weighted by Crippen LogP contribution is -2.32. The Hall–Kier alpha value is -2.83. The topological polar surface area (TPSA) is 83.6 Å². The van der Waals surface area contributed by atoms with Crippen molar-refractivity contribution in [2.75, 3.05) is 20.3 Å². The van der Waals surface area contributed by atoms with E-state index in [0.717, 1.165) is 22.0 Å². The standard InChI is InChI=1S/C22H26N2O4/c1-14-7-8-15(2)21-20(14)9-16(22(26)24-21)11-23-12-17(25)13-28-19-6-4-5-18(10-19)27-3/h4-10,17,23,25H,11-13H2,1-3H3,(H,24,26)/t17-/m1/s1. The maximum atomic E-state index is 12.3. The number of benzene rings is 2. The number of fused-ring (bicyclic) bond motifs is 1. The van der Waals surface area contributed by atoms with E-state index >= 15 is 0 Å². The van der Waals surface area contributed by atoms with E-state index in [-0.39, 0.29) is 12.2 Å². The highest BCUT2D eigenvalue weighted by atomic mass is 16.5. The molecule has 0 aliphatic heterocycles. The van der Waals surface area contributed by atoms with Crippen molar-refractivity contribution >= 4 is 10.9 Å². The lowest BCUT2D eigenvalue weighted by Gasteiger charge is -2.14. The molecule has 1 aromatic heterocycles. The highest BCUT2D eigenvalue weighted by Gasteiger charge is 2.09. The summed E-state index contributed by atoms with van der Waals surface area (Å²) < 4.78 is 10.7. The van der Waals surface area contributed by atoms with Gasteiger partial charge in [-0.05, 0) is 43.2 Å². The number of methoxy groups -OCH3 is 1. The van der Waals surface area contributed by atoms with E-state index in [1.807, 2.05) is 50.2 Å². The van der Waals surface area contributed by atoms with Crippen LogP contribution in [0.2, 0.25) is 0 Å². The Bertz CT molecular complexity index is 1010. The summed E-state index contributed by atoms with van der Waals surface area (Å²) in [6.45, 7) is 4.83. The monoisotopic (exact) mass is 382 g/mol. The summed E-state index contributed by atoms with van der Waals surface area (Å²) in [5.74, 6) is 1.33. The van der Waals surface area contributed by atoms with Crippen molar-refractivity contribution in [2.45, 2.75) is 26.5 Å². The number of rotatable bonds is 8. The number of pyridine rings is 1. The van der Waals surface area contributed by atoms with Crippen molar-refractivity contribution in [2.24, 2.45) is 0 Å². The van der Waals surface area contributed by atoms with Gasteiger partial charge in [0.25, 0.3) is 5.56 Å². The Morgan fingerprint density at radius 1 is 1.11 bits per heavy atom. The summed E-state index contributed by atoms with van der Waals surface area (Å²) in [7, 11) is 1.59. The molecule has 0 fully saturated rings. The molecule has 3 N–H and O–H groups in total. The Morgan fingerprint density at radius 3 is 2.64 bits per heavy atom. The molecule has 2 aromatic carbocycles. The minimum Gasteiger partial charge on any atom is -0.497 e. The zero-order valence-electron chi connectivity index (χ0n) is 16.4. The minimum absolute atomic E-state index is 0.115. The first-order valence-corrected chi connectivity index (χ1v) is 9.25. The molecule has 6 heteroatoms. The van der Waals surface area contributed by atoms with E-state index in [0.29, 0.717) is 30.2 Å². The third-order valence-electron chi connectivity index (χ3n) is 4.70. The Kier molecular flexibility index (Phi) is 6.34. The van der Waals surface area contributed by atoms with Crippen LogP contribution in [0.1, 0.15) is 16.7 Å². The van der Waals surface area contributed by atoms with Crippen molar-refractivity contribution < 1.29 is 14.6 Å². The van der Waals surface area contributed by atoms with E-state index in [1.165, 1.54) is 0 Å². The maximum Gasteiger partial charge on any atom is 0.252 e. The molecule has 0 radical (unpaired) electrons. The van der Waals surface area contributed by atoms with Crippen LogP contribution < -0.4 is 20.3 Å². The molecule has 0 saturated heterocycles. The van der Waals surface area contributed by atoms with Crippen LogP contribution in [-0.4, -0.2) is 36.5 Å². The summed E-state index contributed by atoms with van der Waals surface area (Å²) in [4.78, 5) is 15.3. The molecule has 0 unspecified atom stereocenters. The molecular formula is C22H26N2O4. The zero-order valence-corrected chi connectivity index (χ0v) is 16.4. The summed E-state index contributed by atoms with van der Waals surface area (Å²) in [6, 6.07) is 13.2. The Labute approximate surface area is 164 Å². The third-order valence-corrected chi connectivity index (χ3v) is 4.70. The van der Waals surface area contributed by atoms with Crippen LogP contribution in [0.5, 0.6) is 11.5 Å². The molecule has 3 rings (SSSR count). The fraction of sp³-hybridized carbons (Fsp3) is 0.318. The molecule has 0 bridgehead atoms. The highest BCUT2D eigenvalue weighted by Crippen LogP contribution is 2.20. The number of aliphatic hydroxyl groups is 1. The van der Waals surface area contributed by atoms with Crippen molar-refractivity contribution in [3.63, 3.8) is 0 Å². The van der Waals surface area contributed by atoms with Gasteiger partial charge in [0.1, 0.15) is 24.2 Å². The van der Waals surface area contributed by atoms with Gasteiger partial charge in [-0.3, -0.25) is 4.79 Å². The lowest BCUT2D eigenvalue weighted by atomic mass is 10.0. The van der Waals surface area contributed by atoms with Gasteiger partial charge in [0.05, 0.1) is 12.6 Å². The number of aromatic nitrogens is 1. The first-order chi connectivity index (χ1) is 13.5. The molecule has 1 heterocycles. The second-order valence-electron chi connectivity index (χ2n) is 6.89. The minimum atomic E-state index is -0.699. The first-order valence-electron chi connectivity index (χ1n) is 9.25. The van der Waals surface area contributed by atoms with Crippen LogP contribution in [0, 0.1) is 13.8 Å². The van der Waals surface area contributed by atoms with Gasteiger partial charge in [0, 0.05) is 30.1 Å². The maximum absolute atomic E-state index is 12.3. The van der Waals surface area contributed by atoms with Crippen molar-refractivity contribution in [1.29, 1.82) is 0 Å². The van der Waals surface area contributed by atoms with E-state index in [4.69, 9.17) is 9.47 Å². The number of aliphatic hydroxyl groups excluding tert-OH is 1. The molecular weight excluding hydrogens is 356 g/mol. The first kappa shape index (κ1) is 19.9. The van der Waals surface area contributed by atoms with E-state index in [9.17, 15) is 9.90 Å². The third kappa shape index (κ3) is 4.71. The van der Waals surface area contributed by atoms with Gasteiger partial charge in [-0.1, -0.05) is 18.2 Å². The van der Waals surface area contributed by atoms with Crippen molar-refractivity contribution in [3.8, 4) is 11.5 Å². The van der Waals surface area contributed by atoms with E-state index < -0.39 is 6.10 Å². The second kappa shape index (κ2) is 8.91. The van der Waals surface area contributed by atoms with Crippen LogP contribution in [0.25, 0.3) is 10.9 Å². The number of hydrogen-bond acceptors (Lipinski definition) is 5. The van der Waals surface area contributed by atoms with E-state index in [2.05, 4.69) is 10.3 Å². The largest absolute Gasteiger partial charge is 0.497 e. The molecule has 6 nitrogen and oxygen atoms in total. The SMILES string of the molecule is COc1cccc(OC[C@H](O)CNCc2cc3c(C)ccc(C)c3[nH]c2=O)c1. The number of hydrogen-bond donors (Lipinski definition) is 3. The van der Waals surface area contributed by atoms with Gasteiger partial charge in [0.15, 0.2) is 0 Å². The second-order valence-corrected chi connectivity index (χ2v) is 6.89. The van der Waals surface area contributed by atoms with Crippen molar-refractivity contribution in [1.82, 2.24) is 10.3 Å². The number of nitrogens with one attached hydrogen (secondary N) is 2. The van der Waals surface area contributed by atoms with Crippen LogP contribution in [0.15, 0.2) is 47.3 Å². The summed E-state index contributed by atoms with van der Waals surface area (Å²) >= 11 is 0. The quantitative estimate of drug-likeness (QED) is 0.558. The summed E-state index contributed by atoms with van der Waals surface area (Å²) in [5.41, 5.74) is 3.56. The molecule has 0 aliphatic carbocycles. The molecule has 1 atom stereocenters. The fourth-order valence-electron chi connectivity index (χ4n) is 3.07. The van der Waals surface area contributed by atoms with Crippen LogP contribution in [0.4, 0.5) is 0 Å². The lowest BCUT2D eigenvalue weighted by molar-refractivity contribution is 0.106. The summed E-state index contributed by atoms with van der Waals surface area (Å²) in [6.07, 6.45) is -0.699. The van der Waals surface area contributed by atoms with Gasteiger partial charge >= 0.3 is 0 Å². The Morgan fingerprint density at radius 2 is 1.86 bits per heavy atom. The van der Waals surface area contributed by atoms with Crippen molar-refractivity contribution in [3.05, 3.63) is 69.5 Å². The van der Waals surface area contributed by atoms with Crippen LogP contribution >= 0.6 is 0 Å². The fourth-order valence-corrected chi connectivity index (χ4v) is 3.07. The molecule has 0 amide bonds. The van der Waals surface area contributed by atoms with Gasteiger partial charge in [-0.25, -0.2) is 0 Å². The summed E-state index contributed by atoms with van der Waals surface area (Å²) in [5, 5.41) is 14.3. The molecule has 0 aliphatic rings. The van der Waals surface area contributed by atoms with Crippen LogP contribution in [0.3, 0.4) is 0 Å². The number of aryl methyl sites for hydroxylation is 2. The predicted octanol–water partition coefficient (Wildman–Crippen LogP) is 2.68. The van der Waals surface area contributed by atoms with Gasteiger partial charge < -0.3 is 24.9 Å². The molecule has 0 spiro atoms. The van der Waals surface area contributed by atoms with Gasteiger partial charge in [0.2, 0.25) is 0 Å². The molecule has 0 saturated carbocycles. The van der Waals surface area contributed by atoms with Gasteiger partial charge in [-0.2, -0.15) is 0 Å². The highest BCUT2D eigenvalue weighted by molar-refractivity contribution is 5.85. The zero-order chi connectivity index (χ0) is 20.1. The smallest absolute Gasteiger partial charge is 0.252 e. The number of H-pyrrole nitrogens is 1. The molecule has 28 heavy (non-hydrogen) atoms. The molecule has 3 aromatic rings. The van der Waals surface area contributed by atoms with E-state index in [1.54, 1.807) is 13.2 Å². The predicted molar refractivity (Wildman–Crippen MR) is 110 cm³/mol. The average molecular weight is 382 g/mol.